The van der Waals surface area contributed by atoms with E-state index in [-0.39, 0.29) is 11.7 Å². The number of carbonyl (C=O) groups is 1. The third-order valence-electron chi connectivity index (χ3n) is 3.08. The van der Waals surface area contributed by atoms with Gasteiger partial charge in [-0.15, -0.1) is 0 Å². The fourth-order valence-corrected chi connectivity index (χ4v) is 2.10. The highest BCUT2D eigenvalue weighted by atomic mass is 16.5. The van der Waals surface area contributed by atoms with Gasteiger partial charge >= 0.3 is 5.97 Å². The average Bonchev–Trinajstić information content (AvgIpc) is 2.26. The van der Waals surface area contributed by atoms with Gasteiger partial charge in [-0.3, -0.25) is 4.79 Å². The number of carboxylic acids is 1. The summed E-state index contributed by atoms with van der Waals surface area (Å²) in [7, 11) is 0. The Hall–Kier alpha value is -1.71. The summed E-state index contributed by atoms with van der Waals surface area (Å²) in [4.78, 5) is 11.0. The van der Waals surface area contributed by atoms with Gasteiger partial charge in [0, 0.05) is 12.0 Å². The number of hydrogen-bond donors (Lipinski definition) is 2. The van der Waals surface area contributed by atoms with E-state index in [0.29, 0.717) is 18.8 Å². The Kier molecular flexibility index (Phi) is 2.73. The van der Waals surface area contributed by atoms with Crippen molar-refractivity contribution in [3.63, 3.8) is 0 Å². The monoisotopic (exact) mass is 222 g/mol. The standard InChI is InChI=1S/C12H14O4/c1-7(12(14)15)9-4-5-16-11-6-8(13)2-3-10(9)11/h2-3,6-7,9,13H,4-5H2,1H3,(H,14,15). The van der Waals surface area contributed by atoms with Crippen LogP contribution in [0.1, 0.15) is 24.8 Å². The topological polar surface area (TPSA) is 66.8 Å². The Labute approximate surface area is 93.5 Å². The van der Waals surface area contributed by atoms with Crippen molar-refractivity contribution in [2.75, 3.05) is 6.61 Å². The van der Waals surface area contributed by atoms with E-state index in [1.54, 1.807) is 19.1 Å². The van der Waals surface area contributed by atoms with Gasteiger partial charge in [-0.1, -0.05) is 13.0 Å². The van der Waals surface area contributed by atoms with Crippen molar-refractivity contribution in [3.05, 3.63) is 23.8 Å². The normalized spacial score (nSPS) is 20.7. The van der Waals surface area contributed by atoms with Crippen LogP contribution in [-0.2, 0) is 4.79 Å². The van der Waals surface area contributed by atoms with Crippen LogP contribution < -0.4 is 4.74 Å². The first-order valence-corrected chi connectivity index (χ1v) is 5.28. The summed E-state index contributed by atoms with van der Waals surface area (Å²) in [5.41, 5.74) is 0.874. The molecule has 0 saturated heterocycles. The second kappa shape index (κ2) is 4.04. The van der Waals surface area contributed by atoms with Gasteiger partial charge < -0.3 is 14.9 Å². The number of rotatable bonds is 2. The van der Waals surface area contributed by atoms with E-state index in [2.05, 4.69) is 0 Å². The van der Waals surface area contributed by atoms with Crippen molar-refractivity contribution < 1.29 is 19.7 Å². The summed E-state index contributed by atoms with van der Waals surface area (Å²) < 4.78 is 5.41. The second-order valence-electron chi connectivity index (χ2n) is 4.09. The number of ether oxygens (including phenoxy) is 1. The number of carboxylic acid groups (broad SMARTS) is 1. The van der Waals surface area contributed by atoms with E-state index in [1.807, 2.05) is 0 Å². The van der Waals surface area contributed by atoms with Crippen LogP contribution in [0.4, 0.5) is 0 Å². The minimum atomic E-state index is -0.800. The molecule has 16 heavy (non-hydrogen) atoms. The maximum absolute atomic E-state index is 11.0. The fourth-order valence-electron chi connectivity index (χ4n) is 2.10. The molecule has 4 heteroatoms. The highest BCUT2D eigenvalue weighted by Crippen LogP contribution is 2.39. The molecule has 0 saturated carbocycles. The summed E-state index contributed by atoms with van der Waals surface area (Å²) >= 11 is 0. The van der Waals surface area contributed by atoms with Gasteiger partial charge in [0.15, 0.2) is 0 Å². The number of phenols is 1. The quantitative estimate of drug-likeness (QED) is 0.802. The van der Waals surface area contributed by atoms with E-state index >= 15 is 0 Å². The third-order valence-corrected chi connectivity index (χ3v) is 3.08. The van der Waals surface area contributed by atoms with E-state index in [4.69, 9.17) is 9.84 Å². The van der Waals surface area contributed by atoms with Gasteiger partial charge in [-0.05, 0) is 18.1 Å². The molecule has 0 aromatic heterocycles. The summed E-state index contributed by atoms with van der Waals surface area (Å²) in [5, 5.41) is 18.4. The summed E-state index contributed by atoms with van der Waals surface area (Å²) in [6.45, 7) is 2.20. The molecule has 0 fully saturated rings. The first kappa shape index (κ1) is 10.8. The largest absolute Gasteiger partial charge is 0.508 e. The number of phenolic OH excluding ortho intramolecular Hbond substituents is 1. The highest BCUT2D eigenvalue weighted by molar-refractivity contribution is 5.71. The second-order valence-corrected chi connectivity index (χ2v) is 4.09. The first-order valence-electron chi connectivity index (χ1n) is 5.28. The molecule has 0 spiro atoms. The molecule has 2 atom stereocenters. The van der Waals surface area contributed by atoms with Crippen molar-refractivity contribution in [2.24, 2.45) is 5.92 Å². The van der Waals surface area contributed by atoms with Crippen molar-refractivity contribution in [3.8, 4) is 11.5 Å². The Bertz CT molecular complexity index is 413. The predicted molar refractivity (Wildman–Crippen MR) is 57.8 cm³/mol. The SMILES string of the molecule is CC(C(=O)O)C1CCOc2cc(O)ccc21. The van der Waals surface area contributed by atoms with Crippen LogP contribution in [0.15, 0.2) is 18.2 Å². The number of hydrogen-bond acceptors (Lipinski definition) is 3. The number of benzene rings is 1. The number of fused-ring (bicyclic) bond motifs is 1. The minimum absolute atomic E-state index is 0.0400. The van der Waals surface area contributed by atoms with Crippen LogP contribution in [0.25, 0.3) is 0 Å². The lowest BCUT2D eigenvalue weighted by atomic mass is 9.83. The predicted octanol–water partition coefficient (Wildman–Crippen LogP) is 1.98. The molecule has 0 aliphatic carbocycles. The molecule has 0 radical (unpaired) electrons. The Morgan fingerprint density at radius 1 is 1.56 bits per heavy atom. The maximum atomic E-state index is 11.0. The Morgan fingerprint density at radius 3 is 3.00 bits per heavy atom. The Morgan fingerprint density at radius 2 is 2.31 bits per heavy atom. The van der Waals surface area contributed by atoms with Crippen LogP contribution in [0, 0.1) is 5.92 Å². The lowest BCUT2D eigenvalue weighted by Gasteiger charge is -2.28. The molecule has 0 amide bonds. The van der Waals surface area contributed by atoms with Gasteiger partial charge in [-0.2, -0.15) is 0 Å². The Balaban J connectivity index is 2.36. The van der Waals surface area contributed by atoms with Crippen molar-refractivity contribution >= 4 is 5.97 Å². The van der Waals surface area contributed by atoms with Crippen LogP contribution in [-0.4, -0.2) is 22.8 Å². The van der Waals surface area contributed by atoms with Gasteiger partial charge in [0.25, 0.3) is 0 Å². The average molecular weight is 222 g/mol. The molecule has 4 nitrogen and oxygen atoms in total. The summed E-state index contributed by atoms with van der Waals surface area (Å²) in [5.74, 6) is -0.535. The van der Waals surface area contributed by atoms with E-state index in [0.717, 1.165) is 5.56 Å². The molecule has 1 aromatic carbocycles. The molecule has 1 aromatic rings. The molecule has 86 valence electrons. The molecular formula is C12H14O4. The fraction of sp³-hybridized carbons (Fsp3) is 0.417. The van der Waals surface area contributed by atoms with Crippen molar-refractivity contribution in [2.45, 2.75) is 19.3 Å². The van der Waals surface area contributed by atoms with Crippen molar-refractivity contribution in [1.29, 1.82) is 0 Å². The van der Waals surface area contributed by atoms with Crippen LogP contribution in [0.3, 0.4) is 0 Å². The van der Waals surface area contributed by atoms with Crippen LogP contribution >= 0.6 is 0 Å². The third kappa shape index (κ3) is 1.83. The highest BCUT2D eigenvalue weighted by Gasteiger charge is 2.30. The van der Waals surface area contributed by atoms with Gasteiger partial charge in [0.1, 0.15) is 11.5 Å². The van der Waals surface area contributed by atoms with Crippen LogP contribution in [0.5, 0.6) is 11.5 Å². The zero-order valence-corrected chi connectivity index (χ0v) is 9.01. The smallest absolute Gasteiger partial charge is 0.306 e. The van der Waals surface area contributed by atoms with E-state index in [1.165, 1.54) is 6.07 Å². The van der Waals surface area contributed by atoms with Crippen molar-refractivity contribution in [1.82, 2.24) is 0 Å². The van der Waals surface area contributed by atoms with E-state index in [9.17, 15) is 9.90 Å². The molecule has 1 heterocycles. The summed E-state index contributed by atoms with van der Waals surface area (Å²) in [6, 6.07) is 4.85. The van der Waals surface area contributed by atoms with Crippen LogP contribution in [0.2, 0.25) is 0 Å². The number of aliphatic carboxylic acids is 1. The summed E-state index contributed by atoms with van der Waals surface area (Å²) in [6.07, 6.45) is 0.700. The molecule has 2 rings (SSSR count). The molecule has 0 bridgehead atoms. The zero-order valence-electron chi connectivity index (χ0n) is 9.01. The molecular weight excluding hydrogens is 208 g/mol. The lowest BCUT2D eigenvalue weighted by Crippen LogP contribution is -2.24. The van der Waals surface area contributed by atoms with Gasteiger partial charge in [-0.25, -0.2) is 0 Å². The molecule has 2 unspecified atom stereocenters. The first-order chi connectivity index (χ1) is 7.59. The van der Waals surface area contributed by atoms with Gasteiger partial charge in [0.05, 0.1) is 12.5 Å². The van der Waals surface area contributed by atoms with Gasteiger partial charge in [0.2, 0.25) is 0 Å². The molecule has 2 N–H and O–H groups in total. The number of aromatic hydroxyl groups is 1. The zero-order chi connectivity index (χ0) is 11.7. The molecule has 1 aliphatic rings. The minimum Gasteiger partial charge on any atom is -0.508 e. The lowest BCUT2D eigenvalue weighted by molar-refractivity contribution is -0.142. The maximum Gasteiger partial charge on any atom is 0.306 e. The molecule has 1 aliphatic heterocycles. The van der Waals surface area contributed by atoms with E-state index < -0.39 is 11.9 Å².